The van der Waals surface area contributed by atoms with Crippen molar-refractivity contribution in [2.75, 3.05) is 13.3 Å². The molecule has 0 aliphatic carbocycles. The third-order valence-corrected chi connectivity index (χ3v) is 3.41. The Labute approximate surface area is 111 Å². The molecule has 1 saturated heterocycles. The van der Waals surface area contributed by atoms with Gasteiger partial charge in [0, 0.05) is 12.5 Å². The molecule has 108 valence electrons. The van der Waals surface area contributed by atoms with Crippen molar-refractivity contribution in [2.45, 2.75) is 44.7 Å². The number of nitrogens with two attached hydrogens (primary N) is 1. The number of nitrogens with zero attached hydrogens (tertiary/aromatic N) is 3. The zero-order valence-electron chi connectivity index (χ0n) is 11.1. The fraction of sp³-hybridized carbons (Fsp3) is 0.818. The fourth-order valence-electron chi connectivity index (χ4n) is 2.24. The van der Waals surface area contributed by atoms with Crippen LogP contribution in [0.3, 0.4) is 0 Å². The van der Waals surface area contributed by atoms with Crippen molar-refractivity contribution in [3.8, 4) is 0 Å². The number of rotatable bonds is 3. The normalized spacial score (nSPS) is 32.2. The van der Waals surface area contributed by atoms with Gasteiger partial charge in [0.25, 0.3) is 0 Å². The summed E-state index contributed by atoms with van der Waals surface area (Å²) < 4.78 is 5.46. The Kier molecular flexibility index (Phi) is 3.93. The SMILES string of the molecule is CC(C)N1CN([C@H]2C[C@H](O)[C@@H](CO)O2)C(=O)N=C1N. The molecule has 0 aromatic carbocycles. The van der Waals surface area contributed by atoms with E-state index in [2.05, 4.69) is 4.99 Å². The van der Waals surface area contributed by atoms with Crippen LogP contribution in [-0.4, -0.2) is 69.8 Å². The van der Waals surface area contributed by atoms with E-state index >= 15 is 0 Å². The molecular formula is C11H20N4O4. The van der Waals surface area contributed by atoms with Gasteiger partial charge in [-0.1, -0.05) is 0 Å². The van der Waals surface area contributed by atoms with Crippen molar-refractivity contribution in [1.29, 1.82) is 0 Å². The predicted molar refractivity (Wildman–Crippen MR) is 67.1 cm³/mol. The standard InChI is InChI=1S/C11H20N4O4/c1-6(2)14-5-15(11(18)13-10(14)12)9-3-7(17)8(4-16)19-9/h6-9,16-17H,3-5H2,1-2H3,(H2,12,13,18)/t7-,8+,9+/m0/s1. The van der Waals surface area contributed by atoms with Crippen molar-refractivity contribution in [1.82, 2.24) is 9.80 Å². The first-order valence-electron chi connectivity index (χ1n) is 6.29. The van der Waals surface area contributed by atoms with Crippen LogP contribution in [-0.2, 0) is 4.74 Å². The number of urea groups is 1. The maximum Gasteiger partial charge on any atom is 0.350 e. The van der Waals surface area contributed by atoms with Crippen LogP contribution in [0.25, 0.3) is 0 Å². The van der Waals surface area contributed by atoms with Gasteiger partial charge in [-0.15, -0.1) is 0 Å². The molecule has 2 rings (SSSR count). The summed E-state index contributed by atoms with van der Waals surface area (Å²) in [6, 6.07) is -0.385. The predicted octanol–water partition coefficient (Wildman–Crippen LogP) is -1.13. The second-order valence-electron chi connectivity index (χ2n) is 5.04. The third-order valence-electron chi connectivity index (χ3n) is 3.41. The summed E-state index contributed by atoms with van der Waals surface area (Å²) in [6.45, 7) is 3.87. The summed E-state index contributed by atoms with van der Waals surface area (Å²) >= 11 is 0. The molecule has 4 N–H and O–H groups in total. The lowest BCUT2D eigenvalue weighted by Gasteiger charge is -2.38. The number of hydrogen-bond donors (Lipinski definition) is 3. The Morgan fingerprint density at radius 1 is 1.58 bits per heavy atom. The number of carbonyl (C=O) groups excluding carboxylic acids is 1. The Balaban J connectivity index is 2.11. The molecule has 2 heterocycles. The first-order valence-corrected chi connectivity index (χ1v) is 6.29. The number of aliphatic hydroxyl groups is 2. The van der Waals surface area contributed by atoms with E-state index in [4.69, 9.17) is 15.6 Å². The molecule has 0 saturated carbocycles. The summed E-state index contributed by atoms with van der Waals surface area (Å²) in [5, 5.41) is 18.8. The van der Waals surface area contributed by atoms with Crippen LogP contribution in [0.4, 0.5) is 4.79 Å². The molecule has 2 aliphatic heterocycles. The lowest BCUT2D eigenvalue weighted by Crippen LogP contribution is -2.56. The van der Waals surface area contributed by atoms with Crippen LogP contribution in [0.2, 0.25) is 0 Å². The molecule has 0 radical (unpaired) electrons. The minimum atomic E-state index is -0.779. The van der Waals surface area contributed by atoms with Gasteiger partial charge in [-0.2, -0.15) is 4.99 Å². The average Bonchev–Trinajstić information content (AvgIpc) is 2.69. The largest absolute Gasteiger partial charge is 0.394 e. The summed E-state index contributed by atoms with van der Waals surface area (Å²) in [5.74, 6) is 0.188. The number of amides is 2. The summed E-state index contributed by atoms with van der Waals surface area (Å²) in [4.78, 5) is 18.8. The topological polar surface area (TPSA) is 112 Å². The minimum Gasteiger partial charge on any atom is -0.394 e. The van der Waals surface area contributed by atoms with Gasteiger partial charge in [-0.25, -0.2) is 4.79 Å². The molecule has 8 heteroatoms. The maximum atomic E-state index is 11.9. The Bertz CT molecular complexity index is 387. The van der Waals surface area contributed by atoms with Crippen molar-refractivity contribution in [2.24, 2.45) is 10.7 Å². The molecule has 0 aromatic rings. The minimum absolute atomic E-state index is 0.0966. The second kappa shape index (κ2) is 5.32. The molecular weight excluding hydrogens is 252 g/mol. The van der Waals surface area contributed by atoms with Crippen LogP contribution in [0.15, 0.2) is 4.99 Å². The zero-order valence-corrected chi connectivity index (χ0v) is 11.1. The number of guanidine groups is 1. The monoisotopic (exact) mass is 272 g/mol. The van der Waals surface area contributed by atoms with Gasteiger partial charge in [0.15, 0.2) is 0 Å². The third kappa shape index (κ3) is 2.65. The summed E-state index contributed by atoms with van der Waals surface area (Å²) in [5.41, 5.74) is 5.71. The van der Waals surface area contributed by atoms with E-state index in [1.807, 2.05) is 13.8 Å². The van der Waals surface area contributed by atoms with E-state index < -0.39 is 24.5 Å². The van der Waals surface area contributed by atoms with Gasteiger partial charge in [0.2, 0.25) is 5.96 Å². The van der Waals surface area contributed by atoms with Crippen molar-refractivity contribution < 1.29 is 19.7 Å². The van der Waals surface area contributed by atoms with Gasteiger partial charge in [-0.3, -0.25) is 4.90 Å². The highest BCUT2D eigenvalue weighted by molar-refractivity contribution is 5.93. The Hall–Kier alpha value is -1.38. The smallest absolute Gasteiger partial charge is 0.350 e. The molecule has 1 fully saturated rings. The number of carbonyl (C=O) groups is 1. The molecule has 2 aliphatic rings. The van der Waals surface area contributed by atoms with Gasteiger partial charge in [-0.05, 0) is 13.8 Å². The first kappa shape index (κ1) is 14.0. The Morgan fingerprint density at radius 3 is 2.79 bits per heavy atom. The molecule has 3 atom stereocenters. The number of aliphatic hydroxyl groups excluding tert-OH is 2. The average molecular weight is 272 g/mol. The van der Waals surface area contributed by atoms with Crippen LogP contribution < -0.4 is 5.73 Å². The van der Waals surface area contributed by atoms with Crippen LogP contribution in [0, 0.1) is 0 Å². The maximum absolute atomic E-state index is 11.9. The number of ether oxygens (including phenoxy) is 1. The highest BCUT2D eigenvalue weighted by Gasteiger charge is 2.41. The van der Waals surface area contributed by atoms with E-state index in [0.717, 1.165) is 0 Å². The van der Waals surface area contributed by atoms with Crippen molar-refractivity contribution >= 4 is 12.0 Å². The molecule has 2 amide bonds. The lowest BCUT2D eigenvalue weighted by molar-refractivity contribution is -0.0727. The van der Waals surface area contributed by atoms with Gasteiger partial charge >= 0.3 is 6.03 Å². The molecule has 0 bridgehead atoms. The summed E-state index contributed by atoms with van der Waals surface area (Å²) in [7, 11) is 0. The molecule has 8 nitrogen and oxygen atoms in total. The van der Waals surface area contributed by atoms with E-state index in [-0.39, 0.29) is 31.7 Å². The number of hydrogen-bond acceptors (Lipinski definition) is 6. The fourth-order valence-corrected chi connectivity index (χ4v) is 2.24. The van der Waals surface area contributed by atoms with Crippen molar-refractivity contribution in [3.05, 3.63) is 0 Å². The van der Waals surface area contributed by atoms with E-state index in [9.17, 15) is 9.90 Å². The molecule has 19 heavy (non-hydrogen) atoms. The lowest BCUT2D eigenvalue weighted by atomic mass is 10.2. The highest BCUT2D eigenvalue weighted by Crippen LogP contribution is 2.25. The van der Waals surface area contributed by atoms with Crippen molar-refractivity contribution in [3.63, 3.8) is 0 Å². The quantitative estimate of drug-likeness (QED) is 0.599. The molecule has 0 spiro atoms. The molecule has 0 unspecified atom stereocenters. The van der Waals surface area contributed by atoms with Crippen LogP contribution in [0.1, 0.15) is 20.3 Å². The van der Waals surface area contributed by atoms with Crippen LogP contribution >= 0.6 is 0 Å². The van der Waals surface area contributed by atoms with Crippen LogP contribution in [0.5, 0.6) is 0 Å². The highest BCUT2D eigenvalue weighted by atomic mass is 16.5. The Morgan fingerprint density at radius 2 is 2.26 bits per heavy atom. The van der Waals surface area contributed by atoms with E-state index in [0.29, 0.717) is 0 Å². The van der Waals surface area contributed by atoms with Gasteiger partial charge < -0.3 is 25.6 Å². The summed E-state index contributed by atoms with van der Waals surface area (Å²) in [6.07, 6.45) is -1.76. The second-order valence-corrected chi connectivity index (χ2v) is 5.04. The van der Waals surface area contributed by atoms with Gasteiger partial charge in [0.05, 0.1) is 12.7 Å². The zero-order chi connectivity index (χ0) is 14.2. The number of aliphatic imine (C=N–C) groups is 1. The first-order chi connectivity index (χ1) is 8.93. The molecule has 0 aromatic heterocycles. The van der Waals surface area contributed by atoms with E-state index in [1.54, 1.807) is 4.90 Å². The van der Waals surface area contributed by atoms with Gasteiger partial charge in [0.1, 0.15) is 19.0 Å². The van der Waals surface area contributed by atoms with E-state index in [1.165, 1.54) is 4.90 Å².